The molecule has 0 spiro atoms. The molecule has 1 aliphatic rings. The molecule has 0 radical (unpaired) electrons. The van der Waals surface area contributed by atoms with Gasteiger partial charge >= 0.3 is 0 Å². The third-order valence-electron chi connectivity index (χ3n) is 6.75. The minimum Gasteiger partial charge on any atom is -0.496 e. The Labute approximate surface area is 225 Å². The van der Waals surface area contributed by atoms with Crippen molar-refractivity contribution in [3.8, 4) is 28.4 Å². The SMILES string of the molecule is CCCNC(=O)c1ccc(N2CCN(Cc3c(OC)cc(-c4cncc(OCC)c4)cc3OC)CC2)cc1. The Morgan fingerprint density at radius 1 is 0.921 bits per heavy atom. The van der Waals surface area contributed by atoms with Crippen molar-refractivity contribution in [3.05, 3.63) is 66.0 Å². The molecule has 38 heavy (non-hydrogen) atoms. The monoisotopic (exact) mass is 518 g/mol. The number of methoxy groups -OCH3 is 2. The highest BCUT2D eigenvalue weighted by molar-refractivity contribution is 5.94. The minimum atomic E-state index is -0.0182. The van der Waals surface area contributed by atoms with Gasteiger partial charge in [0.05, 0.1) is 32.6 Å². The second kappa shape index (κ2) is 13.1. The second-order valence-corrected chi connectivity index (χ2v) is 9.27. The van der Waals surface area contributed by atoms with Gasteiger partial charge in [-0.1, -0.05) is 6.92 Å². The Balaban J connectivity index is 1.43. The second-order valence-electron chi connectivity index (χ2n) is 9.27. The molecule has 0 saturated carbocycles. The maximum Gasteiger partial charge on any atom is 0.251 e. The molecule has 1 N–H and O–H groups in total. The standard InChI is InChI=1S/C30H38N4O4/c1-5-11-32-30(35)22-7-9-25(10-8-22)34-14-12-33(13-15-34)21-27-28(36-3)17-23(18-29(27)37-4)24-16-26(38-6-2)20-31-19-24/h7-10,16-20H,5-6,11-15,21H2,1-4H3,(H,32,35). The number of pyridine rings is 1. The van der Waals surface area contributed by atoms with E-state index in [1.807, 2.05) is 62.5 Å². The van der Waals surface area contributed by atoms with E-state index in [1.165, 1.54) is 0 Å². The lowest BCUT2D eigenvalue weighted by Crippen LogP contribution is -2.46. The van der Waals surface area contributed by atoms with Crippen LogP contribution >= 0.6 is 0 Å². The van der Waals surface area contributed by atoms with Crippen molar-refractivity contribution in [2.45, 2.75) is 26.8 Å². The topological polar surface area (TPSA) is 76.2 Å². The summed E-state index contributed by atoms with van der Waals surface area (Å²) >= 11 is 0. The van der Waals surface area contributed by atoms with Crippen LogP contribution in [-0.2, 0) is 6.54 Å². The molecule has 2 aromatic carbocycles. The fourth-order valence-corrected chi connectivity index (χ4v) is 4.68. The molecule has 3 aromatic rings. The summed E-state index contributed by atoms with van der Waals surface area (Å²) in [6.45, 7) is 9.64. The quantitative estimate of drug-likeness (QED) is 0.397. The molecule has 8 nitrogen and oxygen atoms in total. The van der Waals surface area contributed by atoms with Crippen LogP contribution in [0.4, 0.5) is 5.69 Å². The fourth-order valence-electron chi connectivity index (χ4n) is 4.68. The van der Waals surface area contributed by atoms with E-state index in [0.29, 0.717) is 18.7 Å². The molecule has 8 heteroatoms. The summed E-state index contributed by atoms with van der Waals surface area (Å²) in [5, 5.41) is 2.93. The summed E-state index contributed by atoms with van der Waals surface area (Å²) in [6.07, 6.45) is 4.46. The zero-order valence-corrected chi connectivity index (χ0v) is 22.8. The summed E-state index contributed by atoms with van der Waals surface area (Å²) in [7, 11) is 3.39. The van der Waals surface area contributed by atoms with Crippen LogP contribution in [0.1, 0.15) is 36.2 Å². The molecule has 2 heterocycles. The molecular weight excluding hydrogens is 480 g/mol. The van der Waals surface area contributed by atoms with Crippen molar-refractivity contribution in [3.63, 3.8) is 0 Å². The first kappa shape index (κ1) is 27.3. The predicted molar refractivity (Wildman–Crippen MR) is 151 cm³/mol. The van der Waals surface area contributed by atoms with Crippen LogP contribution in [0, 0.1) is 0 Å². The van der Waals surface area contributed by atoms with E-state index in [-0.39, 0.29) is 5.91 Å². The maximum absolute atomic E-state index is 12.2. The van der Waals surface area contributed by atoms with Crippen LogP contribution in [-0.4, -0.2) is 69.3 Å². The van der Waals surface area contributed by atoms with E-state index in [4.69, 9.17) is 14.2 Å². The zero-order valence-electron chi connectivity index (χ0n) is 22.8. The van der Waals surface area contributed by atoms with Gasteiger partial charge in [-0.15, -0.1) is 0 Å². The van der Waals surface area contributed by atoms with Gasteiger partial charge in [-0.25, -0.2) is 0 Å². The number of carbonyl (C=O) groups excluding carboxylic acids is 1. The number of amides is 1. The highest BCUT2D eigenvalue weighted by Gasteiger charge is 2.22. The number of hydrogen-bond acceptors (Lipinski definition) is 7. The number of piperazine rings is 1. The normalized spacial score (nSPS) is 13.7. The number of hydrogen-bond donors (Lipinski definition) is 1. The first-order valence-corrected chi connectivity index (χ1v) is 13.2. The van der Waals surface area contributed by atoms with Gasteiger partial charge in [0, 0.05) is 62.3 Å². The lowest BCUT2D eigenvalue weighted by Gasteiger charge is -2.36. The van der Waals surface area contributed by atoms with E-state index in [0.717, 1.165) is 78.8 Å². The number of anilines is 1. The number of nitrogens with one attached hydrogen (secondary N) is 1. The average Bonchev–Trinajstić information content (AvgIpc) is 2.96. The molecule has 4 rings (SSSR count). The van der Waals surface area contributed by atoms with Crippen LogP contribution in [0.25, 0.3) is 11.1 Å². The van der Waals surface area contributed by atoms with Crippen molar-refractivity contribution >= 4 is 11.6 Å². The summed E-state index contributed by atoms with van der Waals surface area (Å²) < 4.78 is 17.2. The molecule has 202 valence electrons. The summed E-state index contributed by atoms with van der Waals surface area (Å²) in [4.78, 5) is 21.3. The number of nitrogens with zero attached hydrogens (tertiary/aromatic N) is 3. The smallest absolute Gasteiger partial charge is 0.251 e. The summed E-state index contributed by atoms with van der Waals surface area (Å²) in [5.41, 5.74) is 4.78. The van der Waals surface area contributed by atoms with E-state index in [1.54, 1.807) is 20.4 Å². The number of rotatable bonds is 11. The third kappa shape index (κ3) is 6.55. The molecule has 1 saturated heterocycles. The Morgan fingerprint density at radius 2 is 1.61 bits per heavy atom. The largest absolute Gasteiger partial charge is 0.496 e. The average molecular weight is 519 g/mol. The molecule has 0 unspecified atom stereocenters. The lowest BCUT2D eigenvalue weighted by molar-refractivity contribution is 0.0953. The highest BCUT2D eigenvalue weighted by Crippen LogP contribution is 2.37. The number of benzene rings is 2. The Hall–Kier alpha value is -3.78. The molecule has 1 aliphatic heterocycles. The Bertz CT molecular complexity index is 1180. The first-order chi connectivity index (χ1) is 18.6. The van der Waals surface area contributed by atoms with Gasteiger partial charge in [0.1, 0.15) is 17.2 Å². The van der Waals surface area contributed by atoms with Gasteiger partial charge in [-0.2, -0.15) is 0 Å². The summed E-state index contributed by atoms with van der Waals surface area (Å²) in [6, 6.07) is 14.0. The molecule has 1 aromatic heterocycles. The van der Waals surface area contributed by atoms with Crippen molar-refractivity contribution < 1.29 is 19.0 Å². The van der Waals surface area contributed by atoms with E-state index in [9.17, 15) is 4.79 Å². The summed E-state index contributed by atoms with van der Waals surface area (Å²) in [5.74, 6) is 2.30. The molecular formula is C30H38N4O4. The number of aromatic nitrogens is 1. The molecule has 1 fully saturated rings. The van der Waals surface area contributed by atoms with Gasteiger partial charge in [0.2, 0.25) is 0 Å². The van der Waals surface area contributed by atoms with Crippen LogP contribution in [0.15, 0.2) is 54.9 Å². The van der Waals surface area contributed by atoms with Crippen molar-refractivity contribution in [1.29, 1.82) is 0 Å². The van der Waals surface area contributed by atoms with Gasteiger partial charge in [-0.3, -0.25) is 14.7 Å². The number of carbonyl (C=O) groups is 1. The first-order valence-electron chi connectivity index (χ1n) is 13.2. The minimum absolute atomic E-state index is 0.0182. The number of ether oxygens (including phenoxy) is 3. The van der Waals surface area contributed by atoms with E-state index in [2.05, 4.69) is 20.1 Å². The molecule has 0 atom stereocenters. The van der Waals surface area contributed by atoms with Crippen LogP contribution in [0.5, 0.6) is 17.2 Å². The van der Waals surface area contributed by atoms with Gasteiger partial charge in [-0.05, 0) is 61.4 Å². The lowest BCUT2D eigenvalue weighted by atomic mass is 10.0. The van der Waals surface area contributed by atoms with Crippen molar-refractivity contribution in [1.82, 2.24) is 15.2 Å². The van der Waals surface area contributed by atoms with E-state index < -0.39 is 0 Å². The van der Waals surface area contributed by atoms with Gasteiger partial charge in [0.25, 0.3) is 5.91 Å². The van der Waals surface area contributed by atoms with Gasteiger partial charge in [0.15, 0.2) is 0 Å². The molecule has 1 amide bonds. The van der Waals surface area contributed by atoms with Crippen LogP contribution < -0.4 is 24.4 Å². The fraction of sp³-hybridized carbons (Fsp3) is 0.400. The maximum atomic E-state index is 12.2. The van der Waals surface area contributed by atoms with E-state index >= 15 is 0 Å². The molecule has 0 bridgehead atoms. The Morgan fingerprint density at radius 3 is 2.21 bits per heavy atom. The third-order valence-corrected chi connectivity index (χ3v) is 6.75. The molecule has 0 aliphatic carbocycles. The predicted octanol–water partition coefficient (Wildman–Crippen LogP) is 4.63. The van der Waals surface area contributed by atoms with Crippen molar-refractivity contribution in [2.75, 3.05) is 58.5 Å². The Kier molecular flexibility index (Phi) is 9.43. The zero-order chi connectivity index (χ0) is 26.9. The van der Waals surface area contributed by atoms with Crippen LogP contribution in [0.3, 0.4) is 0 Å². The van der Waals surface area contributed by atoms with Gasteiger partial charge < -0.3 is 24.4 Å². The van der Waals surface area contributed by atoms with Crippen LogP contribution in [0.2, 0.25) is 0 Å². The highest BCUT2D eigenvalue weighted by atomic mass is 16.5. The van der Waals surface area contributed by atoms with Crippen molar-refractivity contribution in [2.24, 2.45) is 0 Å².